The zero-order valence-corrected chi connectivity index (χ0v) is 38.1. The van der Waals surface area contributed by atoms with Gasteiger partial charge in [0.05, 0.1) is 31.8 Å². The van der Waals surface area contributed by atoms with Crippen LogP contribution in [0.3, 0.4) is 0 Å². The molecule has 0 bridgehead atoms. The van der Waals surface area contributed by atoms with Crippen molar-refractivity contribution in [1.82, 2.24) is 0 Å². The van der Waals surface area contributed by atoms with Crippen LogP contribution in [0.1, 0.15) is 120 Å². The number of fused-ring (bicyclic) bond motifs is 7. The third-order valence-corrected chi connectivity index (χ3v) is 18.6. The smallest absolute Gasteiger partial charge is 0.335 e. The molecular weight excluding hydrogens is 821 g/mol. The first-order valence-electron chi connectivity index (χ1n) is 23.1. The molecule has 8 aliphatic rings. The van der Waals surface area contributed by atoms with Gasteiger partial charge < -0.3 is 69.3 Å². The van der Waals surface area contributed by atoms with Crippen molar-refractivity contribution in [3.05, 3.63) is 23.2 Å². The lowest BCUT2D eigenvalue weighted by Crippen LogP contribution is -2.67. The van der Waals surface area contributed by atoms with Gasteiger partial charge in [0, 0.05) is 10.8 Å². The van der Waals surface area contributed by atoms with Crippen LogP contribution < -0.4 is 0 Å². The van der Waals surface area contributed by atoms with Crippen LogP contribution in [-0.4, -0.2) is 140 Å². The fourth-order valence-corrected chi connectivity index (χ4v) is 14.6. The maximum absolute atomic E-state index is 12.6. The molecule has 20 atom stereocenters. The fraction of sp³-hybridized carbons (Fsp3) is 0.872. The Hall–Kier alpha value is -2.22. The van der Waals surface area contributed by atoms with Crippen molar-refractivity contribution in [2.75, 3.05) is 13.2 Å². The summed E-state index contributed by atoms with van der Waals surface area (Å²) in [5, 5.41) is 84.6. The lowest BCUT2D eigenvalue weighted by Gasteiger charge is -2.72. The van der Waals surface area contributed by atoms with Crippen LogP contribution in [0.2, 0.25) is 0 Å². The van der Waals surface area contributed by atoms with E-state index in [4.69, 9.17) is 28.4 Å². The normalized spacial score (nSPS) is 52.1. The van der Waals surface area contributed by atoms with E-state index >= 15 is 0 Å². The van der Waals surface area contributed by atoms with Crippen molar-refractivity contribution in [2.24, 2.45) is 50.2 Å². The summed E-state index contributed by atoms with van der Waals surface area (Å²) < 4.78 is 36.6. The van der Waals surface area contributed by atoms with Gasteiger partial charge in [0.1, 0.15) is 42.4 Å². The quantitative estimate of drug-likeness (QED) is 0.128. The van der Waals surface area contributed by atoms with Crippen LogP contribution in [0.4, 0.5) is 0 Å². The third kappa shape index (κ3) is 7.35. The maximum atomic E-state index is 12.6. The monoisotopic (exact) mass is 892 g/mol. The number of carbonyl (C=O) groups is 2. The highest BCUT2D eigenvalue weighted by Gasteiger charge is 2.70. The van der Waals surface area contributed by atoms with Crippen LogP contribution in [0.15, 0.2) is 23.2 Å². The minimum Gasteiger partial charge on any atom is -0.502 e. The number of ketones is 1. The molecule has 16 nitrogen and oxygen atoms in total. The number of allylic oxidation sites excluding steroid dienone is 4. The molecule has 0 aromatic heterocycles. The number of aliphatic hydroxyl groups is 7. The van der Waals surface area contributed by atoms with Gasteiger partial charge in [-0.3, -0.25) is 4.79 Å². The molecule has 3 heterocycles. The highest BCUT2D eigenvalue weighted by Crippen LogP contribution is 2.76. The summed E-state index contributed by atoms with van der Waals surface area (Å²) in [4.78, 5) is 24.9. The van der Waals surface area contributed by atoms with Gasteiger partial charge in [0.25, 0.3) is 0 Å². The Labute approximate surface area is 369 Å². The molecule has 356 valence electrons. The van der Waals surface area contributed by atoms with Gasteiger partial charge in [-0.15, -0.1) is 0 Å². The first-order valence-corrected chi connectivity index (χ1v) is 23.1. The zero-order chi connectivity index (χ0) is 46.0. The Kier molecular flexibility index (Phi) is 12.2. The van der Waals surface area contributed by atoms with E-state index in [9.17, 15) is 50.4 Å². The van der Waals surface area contributed by atoms with E-state index in [1.54, 1.807) is 6.92 Å². The minimum atomic E-state index is -1.94. The first kappa shape index (κ1) is 47.3. The molecular formula is C47H72O16. The Balaban J connectivity index is 1.06. The summed E-state index contributed by atoms with van der Waals surface area (Å²) in [6, 6.07) is 0. The van der Waals surface area contributed by atoms with E-state index in [0.29, 0.717) is 6.42 Å². The van der Waals surface area contributed by atoms with Gasteiger partial charge in [-0.2, -0.15) is 0 Å². The topological polar surface area (TPSA) is 251 Å². The molecule has 0 amide bonds. The minimum absolute atomic E-state index is 0.0221. The molecule has 4 saturated carbocycles. The number of hydrogen-bond donors (Lipinski definition) is 8. The lowest BCUT2D eigenvalue weighted by atomic mass is 9.33. The van der Waals surface area contributed by atoms with Crippen molar-refractivity contribution in [3.63, 3.8) is 0 Å². The summed E-state index contributed by atoms with van der Waals surface area (Å²) in [6.45, 7) is 17.2. The molecule has 0 aromatic carbocycles. The average molecular weight is 893 g/mol. The Morgan fingerprint density at radius 3 is 2.19 bits per heavy atom. The first-order chi connectivity index (χ1) is 29.3. The molecule has 16 heteroatoms. The number of ether oxygens (including phenoxy) is 6. The third-order valence-electron chi connectivity index (χ3n) is 18.6. The van der Waals surface area contributed by atoms with Crippen LogP contribution in [-0.2, 0) is 38.0 Å². The molecule has 0 radical (unpaired) electrons. The van der Waals surface area contributed by atoms with Gasteiger partial charge in [-0.1, -0.05) is 60.1 Å². The van der Waals surface area contributed by atoms with E-state index in [2.05, 4.69) is 47.6 Å². The van der Waals surface area contributed by atoms with Crippen LogP contribution in [0.25, 0.3) is 0 Å². The summed E-state index contributed by atoms with van der Waals surface area (Å²) in [5.74, 6) is -1.57. The predicted octanol–water partition coefficient (Wildman–Crippen LogP) is 3.62. The number of carboxylic acids is 1. The number of hydrogen-bond acceptors (Lipinski definition) is 15. The van der Waals surface area contributed by atoms with E-state index in [-0.39, 0.29) is 81.3 Å². The van der Waals surface area contributed by atoms with Gasteiger partial charge in [-0.25, -0.2) is 4.79 Å². The standard InChI is InChI=1S/C47H72O16/c1-22-32(51)25(49)17-31(59-22)60-30-19-42(2,3)18-24-23-9-10-28-44(5)13-12-29(45(6,21-48)27(44)11-14-47(28,8)46(23,7)16-15-43(24,30)4)61-41-38(35(54)34(53)37(62-41)39(56)57)63-40-36(55)33(52)26(50)20-58-40/h9,24,26-31,33-38,40-41,48,50-55H,10-21H2,1-8H3,(H,56,57). The predicted molar refractivity (Wildman–Crippen MR) is 222 cm³/mol. The van der Waals surface area contributed by atoms with Crippen molar-refractivity contribution in [2.45, 2.75) is 193 Å². The van der Waals surface area contributed by atoms with Crippen molar-refractivity contribution >= 4 is 11.8 Å². The number of aliphatic carboxylic acids is 1. The molecule has 0 spiro atoms. The average Bonchev–Trinajstić information content (AvgIpc) is 3.21. The second kappa shape index (κ2) is 16.2. The summed E-state index contributed by atoms with van der Waals surface area (Å²) in [7, 11) is 0. The van der Waals surface area contributed by atoms with Gasteiger partial charge in [-0.05, 0) is 104 Å². The van der Waals surface area contributed by atoms with E-state index < -0.39 is 85.7 Å². The van der Waals surface area contributed by atoms with E-state index in [1.807, 2.05) is 6.92 Å². The van der Waals surface area contributed by atoms with E-state index in [1.165, 1.54) is 5.57 Å². The number of rotatable bonds is 8. The number of carboxylic acid groups (broad SMARTS) is 1. The molecule has 20 unspecified atom stereocenters. The Morgan fingerprint density at radius 1 is 0.810 bits per heavy atom. The number of aliphatic hydroxyl groups excluding tert-OH is 7. The lowest BCUT2D eigenvalue weighted by molar-refractivity contribution is -0.367. The van der Waals surface area contributed by atoms with E-state index in [0.717, 1.165) is 51.4 Å². The molecule has 0 aromatic rings. The molecule has 2 saturated heterocycles. The number of carbonyl (C=O) groups excluding carboxylic acids is 1. The molecule has 8 rings (SSSR count). The highest BCUT2D eigenvalue weighted by atomic mass is 16.8. The Bertz CT molecular complexity index is 1850. The molecule has 3 aliphatic heterocycles. The van der Waals surface area contributed by atoms with Crippen molar-refractivity contribution < 1.29 is 78.9 Å². The van der Waals surface area contributed by atoms with Gasteiger partial charge in [0.2, 0.25) is 12.1 Å². The second-order valence-corrected chi connectivity index (χ2v) is 22.6. The highest BCUT2D eigenvalue weighted by molar-refractivity contribution is 5.94. The largest absolute Gasteiger partial charge is 0.502 e. The van der Waals surface area contributed by atoms with Crippen LogP contribution >= 0.6 is 0 Å². The molecule has 63 heavy (non-hydrogen) atoms. The second-order valence-electron chi connectivity index (χ2n) is 22.6. The maximum Gasteiger partial charge on any atom is 0.335 e. The number of Topliss-reactive ketones (excluding diaryl/α,β-unsaturated/α-hetero) is 1. The van der Waals surface area contributed by atoms with Gasteiger partial charge >= 0.3 is 5.97 Å². The summed E-state index contributed by atoms with van der Waals surface area (Å²) >= 11 is 0. The summed E-state index contributed by atoms with van der Waals surface area (Å²) in [5.41, 5.74) is -0.0649. The molecule has 5 aliphatic carbocycles. The zero-order valence-electron chi connectivity index (χ0n) is 38.1. The fourth-order valence-electron chi connectivity index (χ4n) is 14.6. The Morgan fingerprint density at radius 2 is 1.52 bits per heavy atom. The SMILES string of the molecule is CC1=C(O)C(=O)CC(OC2CC(C)(C)CC3C4=CCC5C6(C)CCC(OC7OC(C(=O)O)C(O)C(O)C7OC7OCC(O)C(O)C7O)C(C)(CO)C6CCC5(C)C4(C)CCC23C)O1. The summed E-state index contributed by atoms with van der Waals surface area (Å²) in [6.07, 6.45) is -6.81. The van der Waals surface area contributed by atoms with Crippen LogP contribution in [0, 0.1) is 50.2 Å². The van der Waals surface area contributed by atoms with Crippen molar-refractivity contribution in [1.29, 1.82) is 0 Å². The van der Waals surface area contributed by atoms with Gasteiger partial charge in [0.15, 0.2) is 24.4 Å². The molecule has 6 fully saturated rings. The van der Waals surface area contributed by atoms with Crippen LogP contribution in [0.5, 0.6) is 0 Å². The molecule has 8 N–H and O–H groups in total. The van der Waals surface area contributed by atoms with Crippen molar-refractivity contribution in [3.8, 4) is 0 Å².